The summed E-state index contributed by atoms with van der Waals surface area (Å²) in [6, 6.07) is 0. The highest BCUT2D eigenvalue weighted by Gasteiger charge is 2.74. The molecule has 8 N–H and O–H groups in total. The van der Waals surface area contributed by atoms with Crippen molar-refractivity contribution in [1.82, 2.24) is 0 Å². The second-order valence-corrected chi connectivity index (χ2v) is 21.8. The van der Waals surface area contributed by atoms with E-state index in [-0.39, 0.29) is 35.2 Å². The lowest BCUT2D eigenvalue weighted by Crippen LogP contribution is -2.71. The second-order valence-electron chi connectivity index (χ2n) is 21.8. The number of carbonyl (C=O) groups excluding carboxylic acids is 1. The summed E-state index contributed by atoms with van der Waals surface area (Å²) in [5.74, 6) is -0.980. The van der Waals surface area contributed by atoms with Crippen molar-refractivity contribution in [3.63, 3.8) is 0 Å². The van der Waals surface area contributed by atoms with Crippen LogP contribution in [0.15, 0.2) is 0 Å². The summed E-state index contributed by atoms with van der Waals surface area (Å²) in [6.45, 7) is 18.8. The van der Waals surface area contributed by atoms with E-state index >= 15 is 0 Å². The van der Waals surface area contributed by atoms with Gasteiger partial charge in [-0.2, -0.15) is 0 Å². The molecule has 0 bridgehead atoms. The molecule has 3 aliphatic heterocycles. The third-order valence-electron chi connectivity index (χ3n) is 17.6. The number of ether oxygens (including phenoxy) is 6. The Morgan fingerprint density at radius 1 is 0.797 bits per heavy atom. The Bertz CT molecular complexity index is 1540. The van der Waals surface area contributed by atoms with Crippen LogP contribution in [-0.4, -0.2) is 150 Å². The van der Waals surface area contributed by atoms with E-state index in [1.807, 2.05) is 13.8 Å². The van der Waals surface area contributed by atoms with Gasteiger partial charge in [0.15, 0.2) is 18.7 Å². The van der Waals surface area contributed by atoms with Crippen molar-refractivity contribution < 1.29 is 74.1 Å². The molecule has 4 saturated carbocycles. The third-order valence-corrected chi connectivity index (χ3v) is 17.6. The Labute approximate surface area is 349 Å². The van der Waals surface area contributed by atoms with E-state index in [2.05, 4.69) is 27.7 Å². The van der Waals surface area contributed by atoms with Crippen molar-refractivity contribution in [2.75, 3.05) is 6.61 Å². The summed E-state index contributed by atoms with van der Waals surface area (Å²) in [4.78, 5) is 11.8. The van der Waals surface area contributed by atoms with Gasteiger partial charge in [-0.25, -0.2) is 0 Å². The second kappa shape index (κ2) is 15.6. The van der Waals surface area contributed by atoms with Gasteiger partial charge >= 0.3 is 5.97 Å². The average molecular weight is 843 g/mol. The fraction of sp³-hybridized carbons (Fsp3) is 0.977. The molecule has 0 aromatic carbocycles. The highest BCUT2D eigenvalue weighted by molar-refractivity contribution is 5.66. The highest BCUT2D eigenvalue weighted by Crippen LogP contribution is 2.76. The van der Waals surface area contributed by atoms with Gasteiger partial charge in [0.1, 0.15) is 36.6 Å². The normalized spacial score (nSPS) is 54.9. The molecule has 22 atom stereocenters. The molecule has 3 heterocycles. The van der Waals surface area contributed by atoms with Crippen LogP contribution in [0, 0.1) is 45.3 Å². The molecule has 0 unspecified atom stereocenters. The first-order chi connectivity index (χ1) is 27.2. The number of hydrogen-bond donors (Lipinski definition) is 8. The molecule has 59 heavy (non-hydrogen) atoms. The Kier molecular flexibility index (Phi) is 12.1. The summed E-state index contributed by atoms with van der Waals surface area (Å²) in [7, 11) is 0. The van der Waals surface area contributed by atoms with Gasteiger partial charge in [0, 0.05) is 6.92 Å². The Morgan fingerprint density at radius 2 is 1.46 bits per heavy atom. The number of carbonyl (C=O) groups is 1. The first kappa shape index (κ1) is 46.0. The van der Waals surface area contributed by atoms with Crippen LogP contribution in [-0.2, 0) is 33.2 Å². The predicted octanol–water partition coefficient (Wildman–Crippen LogP) is 1.93. The van der Waals surface area contributed by atoms with Crippen LogP contribution >= 0.6 is 0 Å². The van der Waals surface area contributed by atoms with Gasteiger partial charge in [0.25, 0.3) is 0 Å². The number of hydrogen-bond acceptors (Lipinski definition) is 15. The minimum absolute atomic E-state index is 0.0407. The maximum atomic E-state index is 12.4. The fourth-order valence-electron chi connectivity index (χ4n) is 14.4. The van der Waals surface area contributed by atoms with E-state index in [1.165, 1.54) is 6.92 Å². The van der Waals surface area contributed by atoms with E-state index in [0.717, 1.165) is 25.7 Å². The van der Waals surface area contributed by atoms with E-state index in [0.29, 0.717) is 25.7 Å². The molecule has 340 valence electrons. The molecule has 4 aliphatic carbocycles. The summed E-state index contributed by atoms with van der Waals surface area (Å²) in [5.41, 5.74) is -3.45. The highest BCUT2D eigenvalue weighted by atomic mass is 16.8. The standard InChI is InChI=1S/C44H74O15/c1-20-34(55-21(2)46)32(51)33(52)37(54-20)58-35-31(50)30(49)25(19-45)57-38(35)56-24-18-43(9)26(41(7)14-12-27(48)39(3,4)36(24)41)17-23(47)29-22(11-15-42(29,43)8)44(10)16-13-28(59-44)40(5,6)53/h20,22-38,45,47-53H,11-19H2,1-10H3/t20-,22-,23+,24-,25+,26+,27-,28+,29-,30+,31-,32-,33+,34-,35+,36-,37-,38+,41+,42+,43+,44-/m0/s1. The molecule has 3 saturated heterocycles. The number of aliphatic hydroxyl groups is 8. The van der Waals surface area contributed by atoms with Crippen LogP contribution in [0.1, 0.15) is 121 Å². The minimum Gasteiger partial charge on any atom is -0.457 e. The van der Waals surface area contributed by atoms with Gasteiger partial charge in [0.2, 0.25) is 0 Å². The summed E-state index contributed by atoms with van der Waals surface area (Å²) < 4.78 is 37.5. The van der Waals surface area contributed by atoms with Gasteiger partial charge in [0.05, 0.1) is 48.3 Å². The lowest BCUT2D eigenvalue weighted by Gasteiger charge is -2.72. The molecular formula is C44H74O15. The predicted molar refractivity (Wildman–Crippen MR) is 210 cm³/mol. The lowest BCUT2D eigenvalue weighted by molar-refractivity contribution is -0.382. The molecule has 7 rings (SSSR count). The molecule has 7 aliphatic rings. The van der Waals surface area contributed by atoms with E-state index < -0.39 is 120 Å². The van der Waals surface area contributed by atoms with Gasteiger partial charge in [-0.3, -0.25) is 4.79 Å². The molecular weight excluding hydrogens is 768 g/mol. The summed E-state index contributed by atoms with van der Waals surface area (Å²) in [5, 5.41) is 90.2. The summed E-state index contributed by atoms with van der Waals surface area (Å²) >= 11 is 0. The molecule has 0 aromatic heterocycles. The van der Waals surface area contributed by atoms with Crippen LogP contribution in [0.25, 0.3) is 0 Å². The topological polar surface area (TPSA) is 234 Å². The van der Waals surface area contributed by atoms with Gasteiger partial charge < -0.3 is 69.3 Å². The zero-order valence-electron chi connectivity index (χ0n) is 36.7. The van der Waals surface area contributed by atoms with Gasteiger partial charge in [-0.15, -0.1) is 0 Å². The smallest absolute Gasteiger partial charge is 0.303 e. The van der Waals surface area contributed by atoms with Crippen molar-refractivity contribution in [2.24, 2.45) is 45.3 Å². The van der Waals surface area contributed by atoms with Gasteiger partial charge in [-0.05, 0) is 124 Å². The van der Waals surface area contributed by atoms with Crippen LogP contribution < -0.4 is 0 Å². The molecule has 0 amide bonds. The van der Waals surface area contributed by atoms with Crippen molar-refractivity contribution in [3.8, 4) is 0 Å². The first-order valence-electron chi connectivity index (χ1n) is 22.1. The Hall–Kier alpha value is -1.05. The summed E-state index contributed by atoms with van der Waals surface area (Å²) in [6.07, 6.45) is -11.1. The number of fused-ring (bicyclic) bond motifs is 5. The zero-order chi connectivity index (χ0) is 43.6. The fourth-order valence-corrected chi connectivity index (χ4v) is 14.4. The minimum atomic E-state index is -1.73. The van der Waals surface area contributed by atoms with E-state index in [9.17, 15) is 45.6 Å². The number of aliphatic hydroxyl groups excluding tert-OH is 7. The largest absolute Gasteiger partial charge is 0.457 e. The van der Waals surface area contributed by atoms with Crippen molar-refractivity contribution in [2.45, 2.75) is 218 Å². The number of rotatable bonds is 8. The molecule has 7 fully saturated rings. The van der Waals surface area contributed by atoms with E-state index in [1.54, 1.807) is 20.8 Å². The van der Waals surface area contributed by atoms with Gasteiger partial charge in [-0.1, -0.05) is 34.6 Å². The van der Waals surface area contributed by atoms with Crippen LogP contribution in [0.3, 0.4) is 0 Å². The monoisotopic (exact) mass is 843 g/mol. The Balaban J connectivity index is 1.24. The maximum absolute atomic E-state index is 12.4. The van der Waals surface area contributed by atoms with Crippen molar-refractivity contribution in [1.29, 1.82) is 0 Å². The third kappa shape index (κ3) is 7.26. The Morgan fingerprint density at radius 3 is 2.07 bits per heavy atom. The number of esters is 1. The maximum Gasteiger partial charge on any atom is 0.303 e. The van der Waals surface area contributed by atoms with Crippen molar-refractivity contribution >= 4 is 5.97 Å². The van der Waals surface area contributed by atoms with E-state index in [4.69, 9.17) is 28.4 Å². The van der Waals surface area contributed by atoms with Crippen molar-refractivity contribution in [3.05, 3.63) is 0 Å². The SMILES string of the molecule is CC(=O)O[C@@H]1[C@@H](O)[C@@H](O)[C@H](O[C@H]2[C@H](O[C@H]3C[C@]4(C)[C@H](C[C@@H](O)[C@@H]5[C@@H]([C@]6(C)CC[C@H](C(C)(C)O)O6)CC[C@]54C)[C@@]4(C)CC[C@H](O)C(C)(C)[C@H]34)O[C@H](CO)[C@@H](O)[C@@H]2O)O[C@H]1C. The first-order valence-corrected chi connectivity index (χ1v) is 22.1. The average Bonchev–Trinajstić information content (AvgIpc) is 3.74. The van der Waals surface area contributed by atoms with Crippen LogP contribution in [0.4, 0.5) is 0 Å². The van der Waals surface area contributed by atoms with Crippen LogP contribution in [0.5, 0.6) is 0 Å². The molecule has 0 spiro atoms. The molecule has 15 nitrogen and oxygen atoms in total. The molecule has 15 heteroatoms. The lowest BCUT2D eigenvalue weighted by atomic mass is 9.34. The molecule has 0 radical (unpaired) electrons. The zero-order valence-corrected chi connectivity index (χ0v) is 36.7. The molecule has 0 aromatic rings. The van der Waals surface area contributed by atoms with Crippen LogP contribution in [0.2, 0.25) is 0 Å². The quantitative estimate of drug-likeness (QED) is 0.129.